The van der Waals surface area contributed by atoms with Gasteiger partial charge in [-0.2, -0.15) is 0 Å². The van der Waals surface area contributed by atoms with Gasteiger partial charge in [-0.15, -0.1) is 24.0 Å². The van der Waals surface area contributed by atoms with Gasteiger partial charge < -0.3 is 15.1 Å². The lowest BCUT2D eigenvalue weighted by Crippen LogP contribution is -2.45. The number of halogens is 1. The highest BCUT2D eigenvalue weighted by molar-refractivity contribution is 14.0. The zero-order chi connectivity index (χ0) is 17.4. The van der Waals surface area contributed by atoms with Crippen LogP contribution >= 0.6 is 24.0 Å². The molecule has 0 atom stereocenters. The van der Waals surface area contributed by atoms with Gasteiger partial charge in [0.2, 0.25) is 5.89 Å². The third-order valence-electron chi connectivity index (χ3n) is 3.78. The summed E-state index contributed by atoms with van der Waals surface area (Å²) in [6.07, 6.45) is 0. The standard InChI is InChI=1S/C17H33N5O.HI/c1-8-18-17(19-9-10-22(12(2)3)13(4)5)20-11-16-21-14(6)15(7)23-16;/h12-13H,8-11H2,1-7H3,(H2,18,19,20);1H. The molecule has 0 amide bonds. The van der Waals surface area contributed by atoms with Crippen molar-refractivity contribution in [1.29, 1.82) is 0 Å². The van der Waals surface area contributed by atoms with Crippen LogP contribution in [0.25, 0.3) is 0 Å². The quantitative estimate of drug-likeness (QED) is 0.361. The van der Waals surface area contributed by atoms with Crippen molar-refractivity contribution in [2.75, 3.05) is 19.6 Å². The lowest BCUT2D eigenvalue weighted by atomic mass is 10.2. The Kier molecular flexibility index (Phi) is 11.3. The second kappa shape index (κ2) is 11.7. The number of aliphatic imine (C=N–C) groups is 1. The van der Waals surface area contributed by atoms with Gasteiger partial charge in [-0.1, -0.05) is 0 Å². The topological polar surface area (TPSA) is 65.7 Å². The third-order valence-corrected chi connectivity index (χ3v) is 3.78. The van der Waals surface area contributed by atoms with Crippen molar-refractivity contribution >= 4 is 29.9 Å². The number of aromatic nitrogens is 1. The van der Waals surface area contributed by atoms with Crippen molar-refractivity contribution in [3.05, 3.63) is 17.3 Å². The lowest BCUT2D eigenvalue weighted by Gasteiger charge is -2.30. The van der Waals surface area contributed by atoms with Gasteiger partial charge in [0.25, 0.3) is 0 Å². The Bertz CT molecular complexity index is 472. The molecule has 0 unspecified atom stereocenters. The Balaban J connectivity index is 0.00000529. The zero-order valence-corrected chi connectivity index (χ0v) is 18.5. The molecule has 0 radical (unpaired) electrons. The first-order valence-corrected chi connectivity index (χ1v) is 8.56. The summed E-state index contributed by atoms with van der Waals surface area (Å²) < 4.78 is 5.57. The van der Waals surface area contributed by atoms with Gasteiger partial charge in [0, 0.05) is 31.7 Å². The molecule has 0 bridgehead atoms. The Morgan fingerprint density at radius 2 is 1.79 bits per heavy atom. The molecule has 0 aliphatic rings. The number of hydrogen-bond acceptors (Lipinski definition) is 4. The fourth-order valence-electron chi connectivity index (χ4n) is 2.51. The van der Waals surface area contributed by atoms with Gasteiger partial charge in [-0.25, -0.2) is 9.98 Å². The molecule has 0 spiro atoms. The summed E-state index contributed by atoms with van der Waals surface area (Å²) in [7, 11) is 0. The van der Waals surface area contributed by atoms with E-state index < -0.39 is 0 Å². The van der Waals surface area contributed by atoms with Crippen LogP contribution in [-0.2, 0) is 6.54 Å². The highest BCUT2D eigenvalue weighted by Crippen LogP contribution is 2.08. The first-order valence-electron chi connectivity index (χ1n) is 8.56. The van der Waals surface area contributed by atoms with Crippen molar-refractivity contribution in [2.24, 2.45) is 4.99 Å². The van der Waals surface area contributed by atoms with Crippen LogP contribution in [0.1, 0.15) is 52.0 Å². The zero-order valence-electron chi connectivity index (χ0n) is 16.1. The van der Waals surface area contributed by atoms with Crippen molar-refractivity contribution < 1.29 is 4.42 Å². The summed E-state index contributed by atoms with van der Waals surface area (Å²) in [4.78, 5) is 11.4. The minimum atomic E-state index is 0. The van der Waals surface area contributed by atoms with Gasteiger partial charge in [-0.05, 0) is 48.5 Å². The van der Waals surface area contributed by atoms with Crippen LogP contribution in [0.15, 0.2) is 9.41 Å². The van der Waals surface area contributed by atoms with Gasteiger partial charge in [-0.3, -0.25) is 4.90 Å². The molecule has 6 nitrogen and oxygen atoms in total. The lowest BCUT2D eigenvalue weighted by molar-refractivity contribution is 0.178. The Morgan fingerprint density at radius 1 is 1.17 bits per heavy atom. The van der Waals surface area contributed by atoms with Gasteiger partial charge in [0.15, 0.2) is 5.96 Å². The van der Waals surface area contributed by atoms with Crippen molar-refractivity contribution in [3.63, 3.8) is 0 Å². The number of nitrogens with zero attached hydrogens (tertiary/aromatic N) is 3. The molecule has 140 valence electrons. The van der Waals surface area contributed by atoms with Crippen LogP contribution in [-0.4, -0.2) is 47.6 Å². The highest BCUT2D eigenvalue weighted by atomic mass is 127. The smallest absolute Gasteiger partial charge is 0.216 e. The number of nitrogens with one attached hydrogen (secondary N) is 2. The molecule has 0 aliphatic heterocycles. The molecule has 1 rings (SSSR count). The monoisotopic (exact) mass is 451 g/mol. The second-order valence-corrected chi connectivity index (χ2v) is 6.30. The number of guanidine groups is 1. The largest absolute Gasteiger partial charge is 0.444 e. The van der Waals surface area contributed by atoms with E-state index in [-0.39, 0.29) is 24.0 Å². The van der Waals surface area contributed by atoms with E-state index in [4.69, 9.17) is 4.42 Å². The van der Waals surface area contributed by atoms with Crippen LogP contribution < -0.4 is 10.6 Å². The van der Waals surface area contributed by atoms with Gasteiger partial charge in [0.1, 0.15) is 12.3 Å². The highest BCUT2D eigenvalue weighted by Gasteiger charge is 2.12. The average molecular weight is 451 g/mol. The number of rotatable bonds is 8. The SMILES string of the molecule is CCNC(=NCc1nc(C)c(C)o1)NCCN(C(C)C)C(C)C.I. The molecule has 1 aromatic rings. The van der Waals surface area contributed by atoms with E-state index in [1.54, 1.807) is 0 Å². The molecular weight excluding hydrogens is 417 g/mol. The first kappa shape index (κ1) is 23.2. The molecule has 1 heterocycles. The third kappa shape index (κ3) is 7.83. The fraction of sp³-hybridized carbons (Fsp3) is 0.765. The molecule has 24 heavy (non-hydrogen) atoms. The van der Waals surface area contributed by atoms with Gasteiger partial charge >= 0.3 is 0 Å². The Hall–Kier alpha value is -0.830. The summed E-state index contributed by atoms with van der Waals surface area (Å²) in [5, 5.41) is 6.64. The Morgan fingerprint density at radius 3 is 2.25 bits per heavy atom. The van der Waals surface area contributed by atoms with E-state index in [2.05, 4.69) is 60.1 Å². The van der Waals surface area contributed by atoms with Crippen LogP contribution in [0.2, 0.25) is 0 Å². The minimum absolute atomic E-state index is 0. The first-order chi connectivity index (χ1) is 10.8. The van der Waals surface area contributed by atoms with E-state index in [0.717, 1.165) is 37.0 Å². The number of aryl methyl sites for hydroxylation is 2. The van der Waals surface area contributed by atoms with Crippen molar-refractivity contribution in [2.45, 2.75) is 67.1 Å². The van der Waals surface area contributed by atoms with Crippen LogP contribution in [0, 0.1) is 13.8 Å². The molecular formula is C17H34IN5O. The maximum Gasteiger partial charge on any atom is 0.216 e. The van der Waals surface area contributed by atoms with E-state index >= 15 is 0 Å². The molecule has 0 saturated heterocycles. The summed E-state index contributed by atoms with van der Waals surface area (Å²) in [6, 6.07) is 1.07. The van der Waals surface area contributed by atoms with E-state index in [1.807, 2.05) is 13.8 Å². The molecule has 7 heteroatoms. The summed E-state index contributed by atoms with van der Waals surface area (Å²) in [5.74, 6) is 2.31. The molecule has 1 aromatic heterocycles. The van der Waals surface area contributed by atoms with Crippen LogP contribution in [0.4, 0.5) is 0 Å². The summed E-state index contributed by atoms with van der Waals surface area (Å²) in [5.41, 5.74) is 0.928. The maximum atomic E-state index is 5.57. The predicted octanol–water partition coefficient (Wildman–Crippen LogP) is 3.08. The summed E-state index contributed by atoms with van der Waals surface area (Å²) in [6.45, 7) is 18.0. The van der Waals surface area contributed by atoms with Gasteiger partial charge in [0.05, 0.1) is 5.69 Å². The second-order valence-electron chi connectivity index (χ2n) is 6.30. The molecule has 2 N–H and O–H groups in total. The number of hydrogen-bond donors (Lipinski definition) is 2. The van der Waals surface area contributed by atoms with E-state index in [9.17, 15) is 0 Å². The van der Waals surface area contributed by atoms with E-state index in [1.165, 1.54) is 0 Å². The average Bonchev–Trinajstić information content (AvgIpc) is 2.78. The predicted molar refractivity (Wildman–Crippen MR) is 111 cm³/mol. The van der Waals surface area contributed by atoms with Crippen molar-refractivity contribution in [1.82, 2.24) is 20.5 Å². The Labute approximate surface area is 163 Å². The fourth-order valence-corrected chi connectivity index (χ4v) is 2.51. The van der Waals surface area contributed by atoms with Crippen molar-refractivity contribution in [3.8, 4) is 0 Å². The summed E-state index contributed by atoms with van der Waals surface area (Å²) >= 11 is 0. The molecule has 0 aromatic carbocycles. The maximum absolute atomic E-state index is 5.57. The molecule has 0 aliphatic carbocycles. The van der Waals surface area contributed by atoms with Crippen LogP contribution in [0.5, 0.6) is 0 Å². The van der Waals surface area contributed by atoms with E-state index in [0.29, 0.717) is 24.5 Å². The molecule has 0 fully saturated rings. The molecule has 0 saturated carbocycles. The van der Waals surface area contributed by atoms with Crippen LogP contribution in [0.3, 0.4) is 0 Å². The normalized spacial score (nSPS) is 12.0. The minimum Gasteiger partial charge on any atom is -0.444 e. The number of oxazole rings is 1.